The molecular formula is C16H11BrN2O3S2. The highest BCUT2D eigenvalue weighted by atomic mass is 79.9. The lowest BCUT2D eigenvalue weighted by atomic mass is 10.3. The van der Waals surface area contributed by atoms with Gasteiger partial charge in [0.05, 0.1) is 4.91 Å². The van der Waals surface area contributed by atoms with Gasteiger partial charge in [0.25, 0.3) is 5.91 Å². The van der Waals surface area contributed by atoms with E-state index in [1.807, 2.05) is 47.2 Å². The first kappa shape index (κ1) is 16.9. The summed E-state index contributed by atoms with van der Waals surface area (Å²) < 4.78 is 3.18. The Kier molecular flexibility index (Phi) is 4.88. The van der Waals surface area contributed by atoms with E-state index in [9.17, 15) is 9.59 Å². The number of carboxylic acid groups (broad SMARTS) is 1. The van der Waals surface area contributed by atoms with Crippen molar-refractivity contribution in [1.29, 1.82) is 0 Å². The van der Waals surface area contributed by atoms with Gasteiger partial charge in [-0.3, -0.25) is 14.5 Å². The minimum Gasteiger partial charge on any atom is -0.480 e. The van der Waals surface area contributed by atoms with Crippen LogP contribution in [-0.2, 0) is 9.59 Å². The van der Waals surface area contributed by atoms with Crippen molar-refractivity contribution >= 4 is 62.2 Å². The Hall–Kier alpha value is -1.90. The molecule has 0 unspecified atom stereocenters. The molecular weight excluding hydrogens is 412 g/mol. The predicted molar refractivity (Wildman–Crippen MR) is 101 cm³/mol. The smallest absolute Gasteiger partial charge is 0.323 e. The number of thioether (sulfide) groups is 1. The number of aromatic nitrogens is 1. The summed E-state index contributed by atoms with van der Waals surface area (Å²) in [4.78, 5) is 24.7. The van der Waals surface area contributed by atoms with Gasteiger partial charge in [-0.25, -0.2) is 0 Å². The molecule has 0 saturated carbocycles. The fraction of sp³-hybridized carbons (Fsp3) is 0.0625. The van der Waals surface area contributed by atoms with E-state index in [4.69, 9.17) is 17.3 Å². The summed E-state index contributed by atoms with van der Waals surface area (Å²) in [5.41, 5.74) is 1.77. The van der Waals surface area contributed by atoms with Crippen LogP contribution >= 0.6 is 39.9 Å². The molecule has 3 rings (SSSR count). The fourth-order valence-corrected chi connectivity index (χ4v) is 3.76. The summed E-state index contributed by atoms with van der Waals surface area (Å²) in [6.45, 7) is -0.421. The van der Waals surface area contributed by atoms with Crippen molar-refractivity contribution in [2.45, 2.75) is 0 Å². The third-order valence-electron chi connectivity index (χ3n) is 3.33. The molecule has 0 bridgehead atoms. The Morgan fingerprint density at radius 1 is 1.29 bits per heavy atom. The molecule has 0 spiro atoms. The van der Waals surface area contributed by atoms with Crippen LogP contribution < -0.4 is 0 Å². The van der Waals surface area contributed by atoms with Crippen LogP contribution in [0.5, 0.6) is 0 Å². The standard InChI is InChI=1S/C16H11BrN2O3S2/c17-10-3-5-11(6-4-10)18-7-1-2-12(18)8-13-15(22)19(9-14(20)21)16(23)24-13/h1-8H,9H2,(H,20,21)/b13-8+. The summed E-state index contributed by atoms with van der Waals surface area (Å²) in [5.74, 6) is -1.47. The largest absolute Gasteiger partial charge is 0.480 e. The van der Waals surface area contributed by atoms with Crippen molar-refractivity contribution in [2.24, 2.45) is 0 Å². The molecule has 1 fully saturated rings. The van der Waals surface area contributed by atoms with Crippen LogP contribution in [0.25, 0.3) is 11.8 Å². The first-order chi connectivity index (χ1) is 11.5. The predicted octanol–water partition coefficient (Wildman–Crippen LogP) is 3.53. The first-order valence-electron chi connectivity index (χ1n) is 6.86. The number of aliphatic carboxylic acids is 1. The van der Waals surface area contributed by atoms with Crippen LogP contribution in [0.1, 0.15) is 5.69 Å². The number of benzene rings is 1. The molecule has 1 aliphatic heterocycles. The monoisotopic (exact) mass is 422 g/mol. The molecule has 2 aromatic rings. The molecule has 1 aliphatic rings. The molecule has 0 aliphatic carbocycles. The summed E-state index contributed by atoms with van der Waals surface area (Å²) in [6.07, 6.45) is 3.62. The zero-order valence-corrected chi connectivity index (χ0v) is 15.4. The van der Waals surface area contributed by atoms with Crippen molar-refractivity contribution in [3.05, 3.63) is 57.7 Å². The van der Waals surface area contributed by atoms with Gasteiger partial charge in [-0.2, -0.15) is 0 Å². The topological polar surface area (TPSA) is 62.5 Å². The van der Waals surface area contributed by atoms with Crippen LogP contribution in [-0.4, -0.2) is 37.3 Å². The average Bonchev–Trinajstić information content (AvgIpc) is 3.09. The molecule has 1 saturated heterocycles. The van der Waals surface area contributed by atoms with E-state index >= 15 is 0 Å². The van der Waals surface area contributed by atoms with E-state index in [2.05, 4.69) is 15.9 Å². The summed E-state index contributed by atoms with van der Waals surface area (Å²) in [5, 5.41) is 8.88. The maximum absolute atomic E-state index is 12.3. The third-order valence-corrected chi connectivity index (χ3v) is 5.24. The molecule has 122 valence electrons. The molecule has 1 aromatic carbocycles. The van der Waals surface area contributed by atoms with Crippen molar-refractivity contribution in [3.63, 3.8) is 0 Å². The van der Waals surface area contributed by atoms with E-state index in [1.54, 1.807) is 6.08 Å². The SMILES string of the molecule is O=C(O)CN1C(=O)/C(=C\c2cccn2-c2ccc(Br)cc2)SC1=S. The van der Waals surface area contributed by atoms with Gasteiger partial charge in [-0.05, 0) is 42.5 Å². The molecule has 2 heterocycles. The number of carbonyl (C=O) groups is 2. The Balaban J connectivity index is 1.92. The highest BCUT2D eigenvalue weighted by Gasteiger charge is 2.33. The zero-order valence-electron chi connectivity index (χ0n) is 12.2. The Morgan fingerprint density at radius 3 is 2.67 bits per heavy atom. The van der Waals surface area contributed by atoms with Crippen LogP contribution in [0.2, 0.25) is 0 Å². The molecule has 0 radical (unpaired) electrons. The number of carbonyl (C=O) groups excluding carboxylic acids is 1. The summed E-state index contributed by atoms with van der Waals surface area (Å²) in [6, 6.07) is 11.5. The number of halogens is 1. The molecule has 1 amide bonds. The number of thiocarbonyl (C=S) groups is 1. The minimum atomic E-state index is -1.09. The van der Waals surface area contributed by atoms with Crippen LogP contribution in [0, 0.1) is 0 Å². The lowest BCUT2D eigenvalue weighted by Crippen LogP contribution is -2.33. The van der Waals surface area contributed by atoms with Gasteiger partial charge in [-0.15, -0.1) is 0 Å². The highest BCUT2D eigenvalue weighted by Crippen LogP contribution is 2.32. The van der Waals surface area contributed by atoms with Gasteiger partial charge in [0.1, 0.15) is 10.9 Å². The van der Waals surface area contributed by atoms with Crippen molar-refractivity contribution < 1.29 is 14.7 Å². The van der Waals surface area contributed by atoms with E-state index < -0.39 is 12.5 Å². The number of hydrogen-bond acceptors (Lipinski definition) is 4. The second-order valence-corrected chi connectivity index (χ2v) is 7.53. The molecule has 24 heavy (non-hydrogen) atoms. The maximum Gasteiger partial charge on any atom is 0.323 e. The molecule has 8 heteroatoms. The van der Waals surface area contributed by atoms with Gasteiger partial charge < -0.3 is 9.67 Å². The van der Waals surface area contributed by atoms with Gasteiger partial charge >= 0.3 is 5.97 Å². The van der Waals surface area contributed by atoms with Crippen molar-refractivity contribution in [3.8, 4) is 5.69 Å². The second kappa shape index (κ2) is 6.92. The van der Waals surface area contributed by atoms with Crippen molar-refractivity contribution in [2.75, 3.05) is 6.54 Å². The van der Waals surface area contributed by atoms with Crippen LogP contribution in [0.4, 0.5) is 0 Å². The number of amides is 1. The Morgan fingerprint density at radius 2 is 2.00 bits per heavy atom. The fourth-order valence-electron chi connectivity index (χ4n) is 2.25. The second-order valence-electron chi connectivity index (χ2n) is 4.94. The number of rotatable bonds is 4. The van der Waals surface area contributed by atoms with Gasteiger partial charge in [0.2, 0.25) is 0 Å². The van der Waals surface area contributed by atoms with Crippen LogP contribution in [0.15, 0.2) is 52.0 Å². The Bertz CT molecular complexity index is 858. The zero-order chi connectivity index (χ0) is 17.3. The van der Waals surface area contributed by atoms with Gasteiger partial charge in [-0.1, -0.05) is 39.9 Å². The summed E-state index contributed by atoms with van der Waals surface area (Å²) >= 11 is 9.62. The Labute approximate surface area is 156 Å². The molecule has 5 nitrogen and oxygen atoms in total. The minimum absolute atomic E-state index is 0.260. The van der Waals surface area contributed by atoms with E-state index in [1.165, 1.54) is 0 Å². The molecule has 1 N–H and O–H groups in total. The van der Waals surface area contributed by atoms with Gasteiger partial charge in [0.15, 0.2) is 0 Å². The highest BCUT2D eigenvalue weighted by molar-refractivity contribution is 9.10. The number of hydrogen-bond donors (Lipinski definition) is 1. The first-order valence-corrected chi connectivity index (χ1v) is 8.88. The van der Waals surface area contributed by atoms with Gasteiger partial charge in [0, 0.05) is 22.1 Å². The van der Waals surface area contributed by atoms with E-state index in [0.29, 0.717) is 4.91 Å². The third kappa shape index (κ3) is 3.45. The maximum atomic E-state index is 12.3. The lowest BCUT2D eigenvalue weighted by Gasteiger charge is -2.10. The number of carboxylic acids is 1. The molecule has 1 aromatic heterocycles. The van der Waals surface area contributed by atoms with E-state index in [-0.39, 0.29) is 10.2 Å². The normalized spacial score (nSPS) is 16.2. The van der Waals surface area contributed by atoms with Crippen molar-refractivity contribution in [1.82, 2.24) is 9.47 Å². The van der Waals surface area contributed by atoms with Crippen LogP contribution in [0.3, 0.4) is 0 Å². The molecule has 0 atom stereocenters. The average molecular weight is 423 g/mol. The van der Waals surface area contributed by atoms with E-state index in [0.717, 1.165) is 32.5 Å². The number of nitrogens with zero attached hydrogens (tertiary/aromatic N) is 2. The quantitative estimate of drug-likeness (QED) is 0.602. The lowest BCUT2D eigenvalue weighted by molar-refractivity contribution is -0.140. The summed E-state index contributed by atoms with van der Waals surface area (Å²) in [7, 11) is 0.